The third-order valence-electron chi connectivity index (χ3n) is 2.77. The van der Waals surface area contributed by atoms with Crippen LogP contribution in [0.1, 0.15) is 5.69 Å². The third kappa shape index (κ3) is 2.50. The summed E-state index contributed by atoms with van der Waals surface area (Å²) in [7, 11) is 0. The molecule has 1 heterocycles. The summed E-state index contributed by atoms with van der Waals surface area (Å²) in [5.41, 5.74) is 1.91. The second kappa shape index (κ2) is 4.98. The lowest BCUT2D eigenvalue weighted by Gasteiger charge is -2.08. The molecule has 3 heteroatoms. The van der Waals surface area contributed by atoms with Gasteiger partial charge in [-0.1, -0.05) is 36.4 Å². The average Bonchev–Trinajstić information content (AvgIpc) is 2.82. The van der Waals surface area contributed by atoms with E-state index in [0.29, 0.717) is 0 Å². The molecule has 0 saturated carbocycles. The molecule has 0 aliphatic rings. The van der Waals surface area contributed by atoms with Gasteiger partial charge in [0.1, 0.15) is 5.75 Å². The van der Waals surface area contributed by atoms with Gasteiger partial charge in [0.05, 0.1) is 11.4 Å². The van der Waals surface area contributed by atoms with Crippen LogP contribution in [-0.4, -0.2) is 9.78 Å². The lowest BCUT2D eigenvalue weighted by molar-refractivity contribution is 0.444. The van der Waals surface area contributed by atoms with E-state index in [0.717, 1.165) is 23.0 Å². The van der Waals surface area contributed by atoms with Crippen LogP contribution in [0, 0.1) is 6.92 Å². The van der Waals surface area contributed by atoms with E-state index in [-0.39, 0.29) is 0 Å². The SMILES string of the molecule is Cc1cc(Oc2ccccc2)n(-c2ccccc2)n1. The van der Waals surface area contributed by atoms with E-state index < -0.39 is 0 Å². The first-order valence-corrected chi connectivity index (χ1v) is 6.18. The first-order chi connectivity index (χ1) is 9.33. The van der Waals surface area contributed by atoms with Crippen LogP contribution in [0.15, 0.2) is 66.7 Å². The zero-order valence-electron chi connectivity index (χ0n) is 10.7. The number of para-hydroxylation sites is 2. The summed E-state index contributed by atoms with van der Waals surface area (Å²) < 4.78 is 7.69. The first-order valence-electron chi connectivity index (χ1n) is 6.18. The zero-order valence-corrected chi connectivity index (χ0v) is 10.7. The molecule has 94 valence electrons. The standard InChI is InChI=1S/C16H14N2O/c1-13-12-16(19-15-10-6-3-7-11-15)18(17-13)14-8-4-2-5-9-14/h2-12H,1H3. The summed E-state index contributed by atoms with van der Waals surface area (Å²) in [6.07, 6.45) is 0. The molecule has 0 radical (unpaired) electrons. The molecule has 19 heavy (non-hydrogen) atoms. The molecule has 0 bridgehead atoms. The minimum Gasteiger partial charge on any atom is -0.439 e. The minimum atomic E-state index is 0.718. The number of hydrogen-bond donors (Lipinski definition) is 0. The molecule has 2 aromatic carbocycles. The fraction of sp³-hybridized carbons (Fsp3) is 0.0625. The van der Waals surface area contributed by atoms with E-state index in [1.807, 2.05) is 78.3 Å². The van der Waals surface area contributed by atoms with Gasteiger partial charge in [-0.15, -0.1) is 0 Å². The Balaban J connectivity index is 1.99. The number of rotatable bonds is 3. The lowest BCUT2D eigenvalue weighted by atomic mass is 10.3. The lowest BCUT2D eigenvalue weighted by Crippen LogP contribution is -1.99. The molecule has 0 saturated heterocycles. The molecular weight excluding hydrogens is 236 g/mol. The number of hydrogen-bond acceptors (Lipinski definition) is 2. The molecule has 0 fully saturated rings. The minimum absolute atomic E-state index is 0.718. The summed E-state index contributed by atoms with van der Waals surface area (Å²) in [5.74, 6) is 1.52. The number of aryl methyl sites for hydroxylation is 1. The Hall–Kier alpha value is -2.55. The Kier molecular flexibility index (Phi) is 3.02. The van der Waals surface area contributed by atoms with Crippen LogP contribution < -0.4 is 4.74 Å². The molecule has 0 aliphatic carbocycles. The van der Waals surface area contributed by atoms with E-state index in [1.165, 1.54) is 0 Å². The highest BCUT2D eigenvalue weighted by Gasteiger charge is 2.09. The fourth-order valence-corrected chi connectivity index (χ4v) is 1.91. The number of benzene rings is 2. The molecule has 0 N–H and O–H groups in total. The number of ether oxygens (including phenoxy) is 1. The monoisotopic (exact) mass is 250 g/mol. The first kappa shape index (κ1) is 11.5. The summed E-state index contributed by atoms with van der Waals surface area (Å²) in [6, 6.07) is 21.6. The summed E-state index contributed by atoms with van der Waals surface area (Å²) in [4.78, 5) is 0. The highest BCUT2D eigenvalue weighted by atomic mass is 16.5. The van der Waals surface area contributed by atoms with E-state index in [1.54, 1.807) is 0 Å². The van der Waals surface area contributed by atoms with Crippen molar-refractivity contribution in [2.24, 2.45) is 0 Å². The van der Waals surface area contributed by atoms with Crippen molar-refractivity contribution in [3.63, 3.8) is 0 Å². The second-order valence-corrected chi connectivity index (χ2v) is 4.29. The van der Waals surface area contributed by atoms with Gasteiger partial charge in [-0.25, -0.2) is 4.68 Å². The average molecular weight is 250 g/mol. The van der Waals surface area contributed by atoms with Crippen LogP contribution in [0.5, 0.6) is 11.6 Å². The van der Waals surface area contributed by atoms with Gasteiger partial charge < -0.3 is 4.74 Å². The van der Waals surface area contributed by atoms with Gasteiger partial charge in [-0.3, -0.25) is 0 Å². The van der Waals surface area contributed by atoms with Gasteiger partial charge in [0.15, 0.2) is 0 Å². The van der Waals surface area contributed by atoms with Gasteiger partial charge >= 0.3 is 0 Å². The molecule has 3 rings (SSSR count). The largest absolute Gasteiger partial charge is 0.439 e. The zero-order chi connectivity index (χ0) is 13.1. The molecule has 0 unspecified atom stereocenters. The maximum atomic E-state index is 5.89. The third-order valence-corrected chi connectivity index (χ3v) is 2.77. The van der Waals surface area contributed by atoms with E-state index in [2.05, 4.69) is 5.10 Å². The smallest absolute Gasteiger partial charge is 0.222 e. The van der Waals surface area contributed by atoms with Gasteiger partial charge in [0.2, 0.25) is 5.88 Å². The quantitative estimate of drug-likeness (QED) is 0.703. The van der Waals surface area contributed by atoms with Crippen molar-refractivity contribution < 1.29 is 4.74 Å². The summed E-state index contributed by atoms with van der Waals surface area (Å²) >= 11 is 0. The van der Waals surface area contributed by atoms with Crippen LogP contribution in [0.25, 0.3) is 5.69 Å². The predicted octanol–water partition coefficient (Wildman–Crippen LogP) is 3.97. The predicted molar refractivity (Wildman–Crippen MR) is 74.8 cm³/mol. The van der Waals surface area contributed by atoms with Crippen LogP contribution in [0.2, 0.25) is 0 Å². The molecule has 0 spiro atoms. The highest BCUT2D eigenvalue weighted by Crippen LogP contribution is 2.24. The molecule has 1 aromatic heterocycles. The maximum absolute atomic E-state index is 5.89. The van der Waals surface area contributed by atoms with Crippen LogP contribution >= 0.6 is 0 Å². The summed E-state index contributed by atoms with van der Waals surface area (Å²) in [5, 5.41) is 4.47. The molecular formula is C16H14N2O. The van der Waals surface area contributed by atoms with Crippen molar-refractivity contribution in [1.82, 2.24) is 9.78 Å². The Bertz CT molecular complexity index is 660. The molecule has 0 amide bonds. The van der Waals surface area contributed by atoms with Crippen molar-refractivity contribution in [1.29, 1.82) is 0 Å². The molecule has 0 aliphatic heterocycles. The number of aromatic nitrogens is 2. The Morgan fingerprint density at radius 3 is 2.21 bits per heavy atom. The maximum Gasteiger partial charge on any atom is 0.222 e. The highest BCUT2D eigenvalue weighted by molar-refractivity contribution is 5.37. The van der Waals surface area contributed by atoms with Gasteiger partial charge in [-0.2, -0.15) is 5.10 Å². The fourth-order valence-electron chi connectivity index (χ4n) is 1.91. The van der Waals surface area contributed by atoms with Crippen molar-refractivity contribution in [3.05, 3.63) is 72.4 Å². The van der Waals surface area contributed by atoms with Gasteiger partial charge in [-0.05, 0) is 31.2 Å². The van der Waals surface area contributed by atoms with E-state index >= 15 is 0 Å². The van der Waals surface area contributed by atoms with Gasteiger partial charge in [0, 0.05) is 6.07 Å². The van der Waals surface area contributed by atoms with Gasteiger partial charge in [0.25, 0.3) is 0 Å². The summed E-state index contributed by atoms with van der Waals surface area (Å²) in [6.45, 7) is 1.96. The molecule has 0 atom stereocenters. The second-order valence-electron chi connectivity index (χ2n) is 4.29. The van der Waals surface area contributed by atoms with Crippen molar-refractivity contribution in [2.75, 3.05) is 0 Å². The number of nitrogens with zero attached hydrogens (tertiary/aromatic N) is 2. The van der Waals surface area contributed by atoms with Crippen LogP contribution in [0.3, 0.4) is 0 Å². The Labute approximate surface area is 112 Å². The van der Waals surface area contributed by atoms with E-state index in [9.17, 15) is 0 Å². The van der Waals surface area contributed by atoms with Crippen molar-refractivity contribution >= 4 is 0 Å². The normalized spacial score (nSPS) is 10.4. The van der Waals surface area contributed by atoms with Crippen LogP contribution in [-0.2, 0) is 0 Å². The van der Waals surface area contributed by atoms with Crippen LogP contribution in [0.4, 0.5) is 0 Å². The van der Waals surface area contributed by atoms with Crippen molar-refractivity contribution in [2.45, 2.75) is 6.92 Å². The van der Waals surface area contributed by atoms with Crippen molar-refractivity contribution in [3.8, 4) is 17.3 Å². The topological polar surface area (TPSA) is 27.1 Å². The Morgan fingerprint density at radius 1 is 0.895 bits per heavy atom. The Morgan fingerprint density at radius 2 is 1.53 bits per heavy atom. The van der Waals surface area contributed by atoms with E-state index in [4.69, 9.17) is 4.74 Å². The molecule has 3 nitrogen and oxygen atoms in total. The molecule has 3 aromatic rings.